The first-order chi connectivity index (χ1) is 13.0. The molecule has 0 unspecified atom stereocenters. The van der Waals surface area contributed by atoms with Gasteiger partial charge in [-0.2, -0.15) is 0 Å². The number of esters is 1. The number of carbonyl (C=O) groups excluding carboxylic acids is 4. The van der Waals surface area contributed by atoms with E-state index in [9.17, 15) is 24.3 Å². The molecule has 10 heteroatoms. The number of aliphatic hydroxyl groups is 1. The van der Waals surface area contributed by atoms with E-state index in [2.05, 4.69) is 0 Å². The van der Waals surface area contributed by atoms with Gasteiger partial charge in [0.25, 0.3) is 11.8 Å². The SMILES string of the molecule is CC(=N)/C(C(C)=O)=C(/O)COC(=O)[C@H](C)N1C(=O)c2cc(Cl)c(Cl)cc2C1=O. The number of allylic oxidation sites excluding steroid dienone is 1. The lowest BCUT2D eigenvalue weighted by molar-refractivity contribution is -0.147. The number of aliphatic hydroxyl groups excluding tert-OH is 1. The molecule has 1 aliphatic heterocycles. The number of nitrogens with zero attached hydrogens (tertiary/aromatic N) is 1. The van der Waals surface area contributed by atoms with E-state index in [4.69, 9.17) is 33.3 Å². The van der Waals surface area contributed by atoms with Gasteiger partial charge in [-0.25, -0.2) is 4.79 Å². The zero-order valence-corrected chi connectivity index (χ0v) is 16.6. The average Bonchev–Trinajstić information content (AvgIpc) is 2.82. The van der Waals surface area contributed by atoms with Gasteiger partial charge in [-0.1, -0.05) is 23.2 Å². The predicted molar refractivity (Wildman–Crippen MR) is 101 cm³/mol. The molecule has 2 amide bonds. The number of nitrogens with one attached hydrogen (secondary N) is 1. The molecular formula is C18H16Cl2N2O6. The molecule has 0 saturated carbocycles. The fourth-order valence-corrected chi connectivity index (χ4v) is 3.05. The van der Waals surface area contributed by atoms with Crippen LogP contribution in [0, 0.1) is 5.41 Å². The zero-order chi connectivity index (χ0) is 21.3. The molecule has 28 heavy (non-hydrogen) atoms. The Labute approximate surface area is 170 Å². The maximum Gasteiger partial charge on any atom is 0.329 e. The van der Waals surface area contributed by atoms with Crippen LogP contribution in [0.1, 0.15) is 41.5 Å². The van der Waals surface area contributed by atoms with E-state index in [1.807, 2.05) is 0 Å². The first-order valence-electron chi connectivity index (χ1n) is 7.99. The van der Waals surface area contributed by atoms with Gasteiger partial charge in [0.1, 0.15) is 18.4 Å². The van der Waals surface area contributed by atoms with Crippen molar-refractivity contribution in [3.8, 4) is 0 Å². The number of hydrogen-bond donors (Lipinski definition) is 2. The topological polar surface area (TPSA) is 125 Å². The van der Waals surface area contributed by atoms with Gasteiger partial charge in [0.2, 0.25) is 0 Å². The normalized spacial score (nSPS) is 15.1. The largest absolute Gasteiger partial charge is 0.508 e. The summed E-state index contributed by atoms with van der Waals surface area (Å²) in [6, 6.07) is 1.19. The van der Waals surface area contributed by atoms with Crippen molar-refractivity contribution in [2.45, 2.75) is 26.8 Å². The molecule has 0 radical (unpaired) electrons. The van der Waals surface area contributed by atoms with E-state index >= 15 is 0 Å². The summed E-state index contributed by atoms with van der Waals surface area (Å²) in [4.78, 5) is 49.5. The molecule has 1 atom stereocenters. The Morgan fingerprint density at radius 1 is 1.14 bits per heavy atom. The molecule has 8 nitrogen and oxygen atoms in total. The minimum Gasteiger partial charge on any atom is -0.508 e. The van der Waals surface area contributed by atoms with Gasteiger partial charge in [0.15, 0.2) is 5.78 Å². The van der Waals surface area contributed by atoms with Crippen LogP contribution in [-0.4, -0.2) is 51.9 Å². The fourth-order valence-electron chi connectivity index (χ4n) is 2.73. The second kappa shape index (κ2) is 8.12. The Balaban J connectivity index is 2.19. The Kier molecular flexibility index (Phi) is 6.26. The number of rotatable bonds is 6. The summed E-state index contributed by atoms with van der Waals surface area (Å²) in [6.45, 7) is 3.05. The smallest absolute Gasteiger partial charge is 0.329 e. The van der Waals surface area contributed by atoms with E-state index in [0.717, 1.165) is 6.92 Å². The van der Waals surface area contributed by atoms with E-state index in [1.165, 1.54) is 26.0 Å². The maximum atomic E-state index is 12.5. The van der Waals surface area contributed by atoms with Crippen LogP contribution in [0.25, 0.3) is 0 Å². The van der Waals surface area contributed by atoms with Crippen LogP contribution in [0.3, 0.4) is 0 Å². The Hall–Kier alpha value is -2.71. The summed E-state index contributed by atoms with van der Waals surface area (Å²) in [5.41, 5.74) is -0.436. The number of Topliss-reactive ketones (excluding diaryl/α,β-unsaturated/α-hetero) is 1. The number of benzene rings is 1. The summed E-state index contributed by atoms with van der Waals surface area (Å²) in [7, 11) is 0. The maximum absolute atomic E-state index is 12.5. The van der Waals surface area contributed by atoms with Crippen molar-refractivity contribution < 1.29 is 29.0 Å². The van der Waals surface area contributed by atoms with Gasteiger partial charge in [-0.3, -0.25) is 19.3 Å². The van der Waals surface area contributed by atoms with Crippen LogP contribution < -0.4 is 0 Å². The number of hydrogen-bond acceptors (Lipinski definition) is 7. The molecule has 148 valence electrons. The number of carbonyl (C=O) groups is 4. The molecule has 0 bridgehead atoms. The lowest BCUT2D eigenvalue weighted by Crippen LogP contribution is -2.43. The van der Waals surface area contributed by atoms with Crippen molar-refractivity contribution in [2.75, 3.05) is 6.61 Å². The molecular weight excluding hydrogens is 411 g/mol. The lowest BCUT2D eigenvalue weighted by atomic mass is 10.1. The second-order valence-electron chi connectivity index (χ2n) is 6.08. The highest BCUT2D eigenvalue weighted by atomic mass is 35.5. The van der Waals surface area contributed by atoms with Crippen LogP contribution in [-0.2, 0) is 14.3 Å². The monoisotopic (exact) mass is 426 g/mol. The Morgan fingerprint density at radius 3 is 2.00 bits per heavy atom. The van der Waals surface area contributed by atoms with Gasteiger partial charge in [0.05, 0.1) is 26.7 Å². The van der Waals surface area contributed by atoms with E-state index in [0.29, 0.717) is 4.90 Å². The van der Waals surface area contributed by atoms with E-state index in [1.54, 1.807) is 0 Å². The van der Waals surface area contributed by atoms with Gasteiger partial charge in [-0.05, 0) is 32.9 Å². The number of ether oxygens (including phenoxy) is 1. The third kappa shape index (κ3) is 3.93. The number of ketones is 1. The first-order valence-corrected chi connectivity index (χ1v) is 8.75. The van der Waals surface area contributed by atoms with Gasteiger partial charge in [0, 0.05) is 5.71 Å². The zero-order valence-electron chi connectivity index (χ0n) is 15.1. The third-order valence-electron chi connectivity index (χ3n) is 4.05. The molecule has 2 N–H and O–H groups in total. The highest BCUT2D eigenvalue weighted by molar-refractivity contribution is 6.43. The summed E-state index contributed by atoms with van der Waals surface area (Å²) in [6.07, 6.45) is 0. The molecule has 1 aromatic rings. The summed E-state index contributed by atoms with van der Waals surface area (Å²) in [5.74, 6) is -3.61. The van der Waals surface area contributed by atoms with Crippen molar-refractivity contribution in [1.29, 1.82) is 5.41 Å². The fraction of sp³-hybridized carbons (Fsp3) is 0.278. The van der Waals surface area contributed by atoms with Crippen LogP contribution in [0.4, 0.5) is 0 Å². The van der Waals surface area contributed by atoms with Crippen molar-refractivity contribution in [3.05, 3.63) is 44.6 Å². The van der Waals surface area contributed by atoms with Crippen LogP contribution in [0.5, 0.6) is 0 Å². The van der Waals surface area contributed by atoms with Gasteiger partial charge in [-0.15, -0.1) is 0 Å². The van der Waals surface area contributed by atoms with Crippen LogP contribution >= 0.6 is 23.2 Å². The van der Waals surface area contributed by atoms with Crippen molar-refractivity contribution in [3.63, 3.8) is 0 Å². The quantitative estimate of drug-likeness (QED) is 0.237. The van der Waals surface area contributed by atoms with Crippen molar-refractivity contribution in [2.24, 2.45) is 0 Å². The molecule has 0 fully saturated rings. The third-order valence-corrected chi connectivity index (χ3v) is 4.78. The van der Waals surface area contributed by atoms with Gasteiger partial charge < -0.3 is 15.3 Å². The van der Waals surface area contributed by atoms with E-state index in [-0.39, 0.29) is 32.5 Å². The highest BCUT2D eigenvalue weighted by Crippen LogP contribution is 2.32. The molecule has 0 aliphatic carbocycles. The molecule has 0 aromatic heterocycles. The van der Waals surface area contributed by atoms with Crippen LogP contribution in [0.2, 0.25) is 10.0 Å². The number of amides is 2. The molecule has 1 aromatic carbocycles. The number of fused-ring (bicyclic) bond motifs is 1. The minimum absolute atomic E-state index is 0.0140. The molecule has 1 heterocycles. The summed E-state index contributed by atoms with van der Waals surface area (Å²) >= 11 is 11.8. The van der Waals surface area contributed by atoms with E-state index < -0.39 is 42.0 Å². The number of halogens is 2. The Bertz CT molecular complexity index is 897. The molecule has 1 aliphatic rings. The second-order valence-corrected chi connectivity index (χ2v) is 6.89. The minimum atomic E-state index is -1.31. The summed E-state index contributed by atoms with van der Waals surface area (Å²) in [5, 5.41) is 17.6. The first kappa shape index (κ1) is 21.6. The van der Waals surface area contributed by atoms with Crippen molar-refractivity contribution >= 4 is 52.5 Å². The number of imide groups is 1. The average molecular weight is 427 g/mol. The Morgan fingerprint density at radius 2 is 1.61 bits per heavy atom. The van der Waals surface area contributed by atoms with Gasteiger partial charge >= 0.3 is 5.97 Å². The van der Waals surface area contributed by atoms with Crippen LogP contribution in [0.15, 0.2) is 23.5 Å². The highest BCUT2D eigenvalue weighted by Gasteiger charge is 2.42. The molecule has 2 rings (SSSR count). The lowest BCUT2D eigenvalue weighted by Gasteiger charge is -2.21. The molecule has 0 saturated heterocycles. The van der Waals surface area contributed by atoms with Crippen molar-refractivity contribution in [1.82, 2.24) is 4.90 Å². The predicted octanol–water partition coefficient (Wildman–Crippen LogP) is 2.96. The summed E-state index contributed by atoms with van der Waals surface area (Å²) < 4.78 is 4.91. The molecule has 0 spiro atoms. The standard InChI is InChI=1S/C18H16Cl2N2O6/c1-7(21)15(9(3)23)14(24)6-28-18(27)8(2)22-16(25)10-4-12(19)13(20)5-11(10)17(22)26/h4-5,8,21,24H,6H2,1-3H3/b15-14-,21-7?/t8-/m0/s1.